The summed E-state index contributed by atoms with van der Waals surface area (Å²) in [5.41, 5.74) is 0. The van der Waals surface area contributed by atoms with Crippen molar-refractivity contribution in [1.82, 2.24) is 10.0 Å². The molecule has 0 aliphatic carbocycles. The maximum absolute atomic E-state index is 8.66. The number of ether oxygens (including phenoxy) is 1. The van der Waals surface area contributed by atoms with Gasteiger partial charge >= 0.3 is 0 Å². The van der Waals surface area contributed by atoms with E-state index in [0.717, 1.165) is 0 Å². The van der Waals surface area contributed by atoms with Gasteiger partial charge in [0.15, 0.2) is 0 Å². The van der Waals surface area contributed by atoms with E-state index in [1.165, 1.54) is 5.06 Å². The van der Waals surface area contributed by atoms with Gasteiger partial charge < -0.3 is 14.9 Å². The highest BCUT2D eigenvalue weighted by molar-refractivity contribution is 4.84. The molecule has 1 aliphatic rings. The monoisotopic (exact) mass is 170 g/mol. The van der Waals surface area contributed by atoms with Gasteiger partial charge in [-0.15, -0.1) is 0 Å². The molecule has 4 heteroatoms. The van der Waals surface area contributed by atoms with Gasteiger partial charge in [-0.05, 0) is 12.1 Å². The summed E-state index contributed by atoms with van der Waals surface area (Å²) in [7, 11) is 0. The standard InChI is InChI=1S/C4H9NO2.C4H5N/c6-5-1-3-7-4-2-5;1-2-4-5-3-1/h6H,1-4H2;1-5H. The molecule has 1 aliphatic heterocycles. The van der Waals surface area contributed by atoms with Gasteiger partial charge in [0.1, 0.15) is 0 Å². The van der Waals surface area contributed by atoms with Gasteiger partial charge in [-0.1, -0.05) is 0 Å². The van der Waals surface area contributed by atoms with Crippen LogP contribution in [0.4, 0.5) is 0 Å². The number of hydrogen-bond donors (Lipinski definition) is 2. The molecule has 0 saturated carbocycles. The maximum atomic E-state index is 8.66. The summed E-state index contributed by atoms with van der Waals surface area (Å²) in [6.45, 7) is 2.63. The fourth-order valence-electron chi connectivity index (χ4n) is 0.831. The SMILES string of the molecule is ON1CCOCC1.c1cc[nH]c1. The Labute approximate surface area is 71.7 Å². The molecule has 12 heavy (non-hydrogen) atoms. The first kappa shape index (κ1) is 9.25. The lowest BCUT2D eigenvalue weighted by atomic mass is 10.5. The minimum absolute atomic E-state index is 0.653. The van der Waals surface area contributed by atoms with Crippen LogP contribution in [0, 0.1) is 0 Å². The van der Waals surface area contributed by atoms with Crippen molar-refractivity contribution in [2.45, 2.75) is 0 Å². The molecule has 1 aromatic heterocycles. The molecule has 0 atom stereocenters. The van der Waals surface area contributed by atoms with Crippen LogP contribution in [-0.2, 0) is 4.74 Å². The molecule has 4 nitrogen and oxygen atoms in total. The third-order valence-electron chi connectivity index (χ3n) is 1.48. The summed E-state index contributed by atoms with van der Waals surface area (Å²) in [6.07, 6.45) is 3.75. The fraction of sp³-hybridized carbons (Fsp3) is 0.500. The van der Waals surface area contributed by atoms with Crippen molar-refractivity contribution < 1.29 is 9.94 Å². The number of aromatic nitrogens is 1. The lowest BCUT2D eigenvalue weighted by molar-refractivity contribution is -0.143. The van der Waals surface area contributed by atoms with E-state index in [9.17, 15) is 0 Å². The number of nitrogens with one attached hydrogen (secondary N) is 1. The molecular weight excluding hydrogens is 156 g/mol. The highest BCUT2D eigenvalue weighted by atomic mass is 16.5. The van der Waals surface area contributed by atoms with Crippen molar-refractivity contribution in [3.63, 3.8) is 0 Å². The molecule has 2 rings (SSSR count). The van der Waals surface area contributed by atoms with Gasteiger partial charge in [0.05, 0.1) is 13.2 Å². The molecule has 2 heterocycles. The molecular formula is C8H14N2O2. The summed E-state index contributed by atoms with van der Waals surface area (Å²) in [5, 5.41) is 9.93. The molecule has 0 bridgehead atoms. The fourth-order valence-corrected chi connectivity index (χ4v) is 0.831. The van der Waals surface area contributed by atoms with Crippen LogP contribution in [0.1, 0.15) is 0 Å². The van der Waals surface area contributed by atoms with E-state index in [0.29, 0.717) is 26.3 Å². The van der Waals surface area contributed by atoms with Crippen molar-refractivity contribution in [2.75, 3.05) is 26.3 Å². The molecule has 2 N–H and O–H groups in total. The first-order valence-corrected chi connectivity index (χ1v) is 3.99. The maximum Gasteiger partial charge on any atom is 0.0617 e. The van der Waals surface area contributed by atoms with Crippen molar-refractivity contribution in [3.05, 3.63) is 24.5 Å². The zero-order chi connectivity index (χ0) is 8.65. The minimum Gasteiger partial charge on any atom is -0.379 e. The molecule has 1 saturated heterocycles. The summed E-state index contributed by atoms with van der Waals surface area (Å²) < 4.78 is 4.94. The highest BCUT2D eigenvalue weighted by Gasteiger charge is 2.04. The molecule has 0 spiro atoms. The van der Waals surface area contributed by atoms with Gasteiger partial charge in [-0.2, -0.15) is 5.06 Å². The predicted octanol–water partition coefficient (Wildman–Crippen LogP) is 0.722. The highest BCUT2D eigenvalue weighted by Crippen LogP contribution is 1.89. The molecule has 0 radical (unpaired) electrons. The number of H-pyrrole nitrogens is 1. The van der Waals surface area contributed by atoms with E-state index in [1.807, 2.05) is 24.5 Å². The van der Waals surface area contributed by atoms with Crippen LogP contribution in [-0.4, -0.2) is 41.6 Å². The van der Waals surface area contributed by atoms with Crippen molar-refractivity contribution in [3.8, 4) is 0 Å². The van der Waals surface area contributed by atoms with Gasteiger partial charge in [0, 0.05) is 25.5 Å². The van der Waals surface area contributed by atoms with E-state index < -0.39 is 0 Å². The van der Waals surface area contributed by atoms with E-state index in [2.05, 4.69) is 4.98 Å². The molecule has 68 valence electrons. The smallest absolute Gasteiger partial charge is 0.0617 e. The average molecular weight is 170 g/mol. The normalized spacial score (nSPS) is 18.1. The van der Waals surface area contributed by atoms with Crippen LogP contribution < -0.4 is 0 Å². The summed E-state index contributed by atoms with van der Waals surface area (Å²) in [6, 6.07) is 3.89. The van der Waals surface area contributed by atoms with Crippen molar-refractivity contribution in [2.24, 2.45) is 0 Å². The van der Waals surface area contributed by atoms with E-state index in [-0.39, 0.29) is 0 Å². The average Bonchev–Trinajstić information content (AvgIpc) is 2.62. The summed E-state index contributed by atoms with van der Waals surface area (Å²) in [4.78, 5) is 2.86. The Bertz CT molecular complexity index is 154. The Balaban J connectivity index is 0.000000127. The second kappa shape index (κ2) is 5.77. The van der Waals surface area contributed by atoms with Crippen LogP contribution >= 0.6 is 0 Å². The molecule has 1 fully saturated rings. The quantitative estimate of drug-likeness (QED) is 0.603. The summed E-state index contributed by atoms with van der Waals surface area (Å²) >= 11 is 0. The third-order valence-corrected chi connectivity index (χ3v) is 1.48. The van der Waals surface area contributed by atoms with Crippen molar-refractivity contribution >= 4 is 0 Å². The van der Waals surface area contributed by atoms with Crippen LogP contribution in [0.5, 0.6) is 0 Å². The zero-order valence-electron chi connectivity index (χ0n) is 6.94. The zero-order valence-corrected chi connectivity index (χ0v) is 6.94. The van der Waals surface area contributed by atoms with Crippen LogP contribution in [0.15, 0.2) is 24.5 Å². The largest absolute Gasteiger partial charge is 0.379 e. The van der Waals surface area contributed by atoms with Gasteiger partial charge in [-0.3, -0.25) is 0 Å². The lowest BCUT2D eigenvalue weighted by Crippen LogP contribution is -2.33. The van der Waals surface area contributed by atoms with Crippen LogP contribution in [0.25, 0.3) is 0 Å². The number of morpholine rings is 1. The molecule has 0 unspecified atom stereocenters. The summed E-state index contributed by atoms with van der Waals surface area (Å²) in [5.74, 6) is 0. The first-order valence-electron chi connectivity index (χ1n) is 3.99. The minimum atomic E-state index is 0.653. The molecule has 1 aromatic rings. The number of hydroxylamine groups is 2. The molecule has 0 aromatic carbocycles. The Kier molecular flexibility index (Phi) is 4.44. The van der Waals surface area contributed by atoms with Gasteiger partial charge in [-0.25, -0.2) is 0 Å². The van der Waals surface area contributed by atoms with E-state index in [4.69, 9.17) is 9.94 Å². The lowest BCUT2D eigenvalue weighted by Gasteiger charge is -2.19. The molecule has 0 amide bonds. The predicted molar refractivity (Wildman–Crippen MR) is 45.0 cm³/mol. The van der Waals surface area contributed by atoms with Crippen LogP contribution in [0.2, 0.25) is 0 Å². The second-order valence-electron chi connectivity index (χ2n) is 2.45. The number of nitrogens with zero attached hydrogens (tertiary/aromatic N) is 1. The van der Waals surface area contributed by atoms with Crippen molar-refractivity contribution in [1.29, 1.82) is 0 Å². The Morgan fingerprint density at radius 2 is 1.75 bits per heavy atom. The first-order chi connectivity index (χ1) is 5.89. The van der Waals surface area contributed by atoms with Crippen LogP contribution in [0.3, 0.4) is 0 Å². The van der Waals surface area contributed by atoms with Gasteiger partial charge in [0.25, 0.3) is 0 Å². The Hall–Kier alpha value is -0.840. The number of rotatable bonds is 0. The Morgan fingerprint density at radius 1 is 1.17 bits per heavy atom. The Morgan fingerprint density at radius 3 is 2.00 bits per heavy atom. The second-order valence-corrected chi connectivity index (χ2v) is 2.45. The van der Waals surface area contributed by atoms with Gasteiger partial charge in [0.2, 0.25) is 0 Å². The van der Waals surface area contributed by atoms with E-state index in [1.54, 1.807) is 0 Å². The number of aromatic amines is 1. The number of hydrogen-bond acceptors (Lipinski definition) is 3. The van der Waals surface area contributed by atoms with E-state index >= 15 is 0 Å². The topological polar surface area (TPSA) is 48.5 Å². The third kappa shape index (κ3) is 4.12.